The van der Waals surface area contributed by atoms with Gasteiger partial charge in [0.2, 0.25) is 5.91 Å². The number of thiazole rings is 1. The topological polar surface area (TPSA) is 42.0 Å². The van der Waals surface area contributed by atoms with Gasteiger partial charge < -0.3 is 5.32 Å². The number of benzene rings is 2. The van der Waals surface area contributed by atoms with Crippen molar-refractivity contribution in [1.29, 1.82) is 0 Å². The first-order chi connectivity index (χ1) is 12.0. The van der Waals surface area contributed by atoms with Gasteiger partial charge in [0.05, 0.1) is 5.69 Å². The number of hydrogen-bond donors (Lipinski definition) is 1. The minimum Gasteiger partial charge on any atom is -0.322 e. The predicted molar refractivity (Wildman–Crippen MR) is 101 cm³/mol. The molecule has 0 aliphatic heterocycles. The molecule has 0 saturated carbocycles. The molecule has 1 amide bonds. The molecule has 0 atom stereocenters. The van der Waals surface area contributed by atoms with Crippen LogP contribution in [0.15, 0.2) is 53.9 Å². The number of aromatic nitrogens is 1. The second-order valence-electron chi connectivity index (χ2n) is 5.65. The molecule has 0 radical (unpaired) electrons. The molecule has 0 unspecified atom stereocenters. The highest BCUT2D eigenvalue weighted by Crippen LogP contribution is 2.24. The Kier molecular flexibility index (Phi) is 5.05. The van der Waals surface area contributed by atoms with Gasteiger partial charge in [0.1, 0.15) is 10.8 Å². The van der Waals surface area contributed by atoms with Gasteiger partial charge in [0, 0.05) is 22.7 Å². The van der Waals surface area contributed by atoms with Crippen LogP contribution in [0.2, 0.25) is 0 Å². The molecule has 0 aliphatic rings. The number of anilines is 1. The van der Waals surface area contributed by atoms with E-state index in [4.69, 9.17) is 0 Å². The molecular formula is C20H17FN2OS. The Labute approximate surface area is 149 Å². The van der Waals surface area contributed by atoms with E-state index in [2.05, 4.69) is 10.3 Å². The third-order valence-electron chi connectivity index (χ3n) is 3.88. The molecule has 5 heteroatoms. The molecule has 1 aromatic heterocycles. The zero-order chi connectivity index (χ0) is 17.8. The zero-order valence-electron chi connectivity index (χ0n) is 13.9. The van der Waals surface area contributed by atoms with Crippen LogP contribution in [0.4, 0.5) is 10.1 Å². The maximum atomic E-state index is 13.0. The highest BCUT2D eigenvalue weighted by molar-refractivity contribution is 7.13. The Bertz CT molecular complexity index is 929. The van der Waals surface area contributed by atoms with Crippen molar-refractivity contribution in [2.24, 2.45) is 0 Å². The summed E-state index contributed by atoms with van der Waals surface area (Å²) >= 11 is 1.45. The summed E-state index contributed by atoms with van der Waals surface area (Å²) in [5.41, 5.74) is 4.54. The first-order valence-corrected chi connectivity index (χ1v) is 8.67. The Morgan fingerprint density at radius 3 is 2.68 bits per heavy atom. The van der Waals surface area contributed by atoms with Gasteiger partial charge in [0.15, 0.2) is 0 Å². The molecule has 0 bridgehead atoms. The van der Waals surface area contributed by atoms with Crippen molar-refractivity contribution in [3.8, 4) is 10.6 Å². The molecule has 3 aromatic rings. The summed E-state index contributed by atoms with van der Waals surface area (Å²) in [4.78, 5) is 16.5. The fourth-order valence-corrected chi connectivity index (χ4v) is 3.10. The minimum atomic E-state index is -0.275. The van der Waals surface area contributed by atoms with E-state index in [9.17, 15) is 9.18 Å². The Morgan fingerprint density at radius 1 is 1.16 bits per heavy atom. The first kappa shape index (κ1) is 17.0. The normalized spacial score (nSPS) is 11.0. The van der Waals surface area contributed by atoms with Gasteiger partial charge >= 0.3 is 0 Å². The lowest BCUT2D eigenvalue weighted by atomic mass is 10.1. The molecule has 3 nitrogen and oxygen atoms in total. The molecular weight excluding hydrogens is 335 g/mol. The number of carbonyl (C=O) groups is 1. The van der Waals surface area contributed by atoms with Gasteiger partial charge in [-0.05, 0) is 61.4 Å². The summed E-state index contributed by atoms with van der Waals surface area (Å²) in [6.45, 7) is 3.98. The van der Waals surface area contributed by atoms with E-state index >= 15 is 0 Å². The third kappa shape index (κ3) is 4.19. The first-order valence-electron chi connectivity index (χ1n) is 7.79. The lowest BCUT2D eigenvalue weighted by Gasteiger charge is -2.08. The number of rotatable bonds is 4. The third-order valence-corrected chi connectivity index (χ3v) is 4.79. The molecule has 0 fully saturated rings. The van der Waals surface area contributed by atoms with E-state index in [1.807, 2.05) is 37.4 Å². The van der Waals surface area contributed by atoms with Crippen LogP contribution in [0.1, 0.15) is 16.8 Å². The SMILES string of the molecule is Cc1cccc(NC(=O)/C=C/c2csc(-c3ccc(F)cc3)n2)c1C. The van der Waals surface area contributed by atoms with Crippen LogP contribution in [0.5, 0.6) is 0 Å². The molecule has 1 heterocycles. The fraction of sp³-hybridized carbons (Fsp3) is 0.100. The predicted octanol–water partition coefficient (Wildman–Crippen LogP) is 5.22. The van der Waals surface area contributed by atoms with Crippen LogP contribution in [0, 0.1) is 19.7 Å². The smallest absolute Gasteiger partial charge is 0.248 e. The second kappa shape index (κ2) is 7.40. The van der Waals surface area contributed by atoms with Gasteiger partial charge in [-0.1, -0.05) is 12.1 Å². The zero-order valence-corrected chi connectivity index (χ0v) is 14.7. The second-order valence-corrected chi connectivity index (χ2v) is 6.51. The lowest BCUT2D eigenvalue weighted by molar-refractivity contribution is -0.111. The summed E-state index contributed by atoms with van der Waals surface area (Å²) in [6, 6.07) is 12.0. The van der Waals surface area contributed by atoms with Crippen LogP contribution in [-0.4, -0.2) is 10.9 Å². The summed E-state index contributed by atoms with van der Waals surface area (Å²) in [7, 11) is 0. The van der Waals surface area contributed by atoms with E-state index in [0.717, 1.165) is 27.4 Å². The summed E-state index contributed by atoms with van der Waals surface area (Å²) < 4.78 is 13.0. The number of halogens is 1. The number of carbonyl (C=O) groups excluding carboxylic acids is 1. The number of amides is 1. The average Bonchev–Trinajstić information content (AvgIpc) is 3.07. The number of hydrogen-bond acceptors (Lipinski definition) is 3. The van der Waals surface area contributed by atoms with Crippen LogP contribution < -0.4 is 5.32 Å². The summed E-state index contributed by atoms with van der Waals surface area (Å²) in [5, 5.41) is 5.52. The van der Waals surface area contributed by atoms with Gasteiger partial charge in [-0.2, -0.15) is 0 Å². The Balaban J connectivity index is 1.69. The van der Waals surface area contributed by atoms with Crippen LogP contribution >= 0.6 is 11.3 Å². The van der Waals surface area contributed by atoms with Gasteiger partial charge in [-0.25, -0.2) is 9.37 Å². The highest BCUT2D eigenvalue weighted by atomic mass is 32.1. The van der Waals surface area contributed by atoms with Crippen LogP contribution in [0.25, 0.3) is 16.6 Å². The molecule has 0 aliphatic carbocycles. The standard InChI is InChI=1S/C20H17FN2OS/c1-13-4-3-5-18(14(13)2)23-19(24)11-10-17-12-25-20(22-17)15-6-8-16(21)9-7-15/h3-12H,1-2H3,(H,23,24)/b11-10+. The molecule has 3 rings (SSSR count). The van der Waals surface area contributed by atoms with Crippen LogP contribution in [0.3, 0.4) is 0 Å². The Morgan fingerprint density at radius 2 is 1.92 bits per heavy atom. The minimum absolute atomic E-state index is 0.204. The van der Waals surface area contributed by atoms with Crippen molar-refractivity contribution in [2.45, 2.75) is 13.8 Å². The van der Waals surface area contributed by atoms with Crippen molar-refractivity contribution in [3.05, 3.63) is 76.6 Å². The largest absolute Gasteiger partial charge is 0.322 e. The average molecular weight is 352 g/mol. The van der Waals surface area contributed by atoms with Crippen molar-refractivity contribution >= 4 is 29.0 Å². The lowest BCUT2D eigenvalue weighted by Crippen LogP contribution is -2.09. The fourth-order valence-electron chi connectivity index (χ4n) is 2.31. The van der Waals surface area contributed by atoms with Gasteiger partial charge in [0.25, 0.3) is 0 Å². The maximum absolute atomic E-state index is 13.0. The van der Waals surface area contributed by atoms with Crippen molar-refractivity contribution in [2.75, 3.05) is 5.32 Å². The number of nitrogens with zero attached hydrogens (tertiary/aromatic N) is 1. The molecule has 126 valence electrons. The number of aryl methyl sites for hydroxylation is 1. The van der Waals surface area contributed by atoms with E-state index in [1.165, 1.54) is 29.5 Å². The van der Waals surface area contributed by atoms with E-state index in [-0.39, 0.29) is 11.7 Å². The number of nitrogens with one attached hydrogen (secondary N) is 1. The summed E-state index contributed by atoms with van der Waals surface area (Å²) in [5.74, 6) is -0.478. The molecule has 25 heavy (non-hydrogen) atoms. The van der Waals surface area contributed by atoms with Gasteiger partial charge in [-0.3, -0.25) is 4.79 Å². The quantitative estimate of drug-likeness (QED) is 0.654. The molecule has 1 N–H and O–H groups in total. The van der Waals surface area contributed by atoms with Crippen molar-refractivity contribution in [1.82, 2.24) is 4.98 Å². The monoisotopic (exact) mass is 352 g/mol. The van der Waals surface area contributed by atoms with E-state index < -0.39 is 0 Å². The van der Waals surface area contributed by atoms with E-state index in [1.54, 1.807) is 18.2 Å². The molecule has 2 aromatic carbocycles. The van der Waals surface area contributed by atoms with E-state index in [0.29, 0.717) is 5.69 Å². The van der Waals surface area contributed by atoms with Crippen molar-refractivity contribution < 1.29 is 9.18 Å². The molecule has 0 spiro atoms. The highest BCUT2D eigenvalue weighted by Gasteiger charge is 2.05. The van der Waals surface area contributed by atoms with Crippen LogP contribution in [-0.2, 0) is 4.79 Å². The molecule has 0 saturated heterocycles. The Hall–Kier alpha value is -2.79. The summed E-state index contributed by atoms with van der Waals surface area (Å²) in [6.07, 6.45) is 3.13. The maximum Gasteiger partial charge on any atom is 0.248 e. The van der Waals surface area contributed by atoms with Crippen molar-refractivity contribution in [3.63, 3.8) is 0 Å². The van der Waals surface area contributed by atoms with Gasteiger partial charge in [-0.15, -0.1) is 11.3 Å².